The lowest BCUT2D eigenvalue weighted by Crippen LogP contribution is -2.41. The highest BCUT2D eigenvalue weighted by Gasteiger charge is 2.42. The molecule has 1 fully saturated rings. The van der Waals surface area contributed by atoms with Crippen molar-refractivity contribution < 1.29 is 19.1 Å². The number of rotatable bonds is 5. The Labute approximate surface area is 135 Å². The third-order valence-electron chi connectivity index (χ3n) is 3.82. The minimum atomic E-state index is -1.14. The lowest BCUT2D eigenvalue weighted by atomic mass is 9.70. The Morgan fingerprint density at radius 2 is 1.74 bits per heavy atom. The molecule has 1 aromatic rings. The zero-order valence-electron chi connectivity index (χ0n) is 13.6. The largest absolute Gasteiger partial charge is 0.497 e. The smallest absolute Gasteiger partial charge is 0.175 e. The predicted octanol–water partition coefficient (Wildman–Crippen LogP) is 2.76. The number of benzene rings is 1. The second kappa shape index (κ2) is 6.77. The molecule has 122 valence electrons. The van der Waals surface area contributed by atoms with Gasteiger partial charge in [0.05, 0.1) is 7.11 Å². The van der Waals surface area contributed by atoms with Gasteiger partial charge in [0.15, 0.2) is 17.3 Å². The second-order valence-electron chi connectivity index (χ2n) is 6.49. The van der Waals surface area contributed by atoms with Crippen LogP contribution >= 0.6 is 0 Å². The fourth-order valence-corrected chi connectivity index (χ4v) is 2.71. The molecule has 0 aliphatic heterocycles. The van der Waals surface area contributed by atoms with Crippen molar-refractivity contribution in [3.8, 4) is 5.75 Å². The quantitative estimate of drug-likeness (QED) is 0.668. The summed E-state index contributed by atoms with van der Waals surface area (Å²) in [5.74, 6) is -1.44. The van der Waals surface area contributed by atoms with Crippen LogP contribution in [-0.4, -0.2) is 24.5 Å². The number of anilines is 1. The summed E-state index contributed by atoms with van der Waals surface area (Å²) >= 11 is 0. The van der Waals surface area contributed by atoms with E-state index < -0.39 is 11.7 Å². The van der Waals surface area contributed by atoms with Crippen molar-refractivity contribution in [2.24, 2.45) is 11.3 Å². The Hall–Kier alpha value is -2.43. The van der Waals surface area contributed by atoms with Gasteiger partial charge in [-0.3, -0.25) is 14.4 Å². The van der Waals surface area contributed by atoms with Gasteiger partial charge in [-0.2, -0.15) is 0 Å². The molecule has 0 aromatic heterocycles. The molecule has 0 radical (unpaired) electrons. The highest BCUT2D eigenvalue weighted by molar-refractivity contribution is 6.23. The van der Waals surface area contributed by atoms with E-state index in [9.17, 15) is 14.4 Å². The minimum absolute atomic E-state index is 0.259. The van der Waals surface area contributed by atoms with Crippen LogP contribution in [0, 0.1) is 11.3 Å². The maximum Gasteiger partial charge on any atom is 0.175 e. The Balaban J connectivity index is 1.98. The normalized spacial score (nSPS) is 18.2. The maximum atomic E-state index is 12.1. The first-order chi connectivity index (χ1) is 10.8. The number of hydrogen-bond donors (Lipinski definition) is 1. The number of Topliss-reactive ketones (excluding diaryl/α,β-unsaturated/α-hetero) is 2. The number of methoxy groups -OCH3 is 1. The average molecular weight is 315 g/mol. The van der Waals surface area contributed by atoms with Gasteiger partial charge < -0.3 is 10.1 Å². The van der Waals surface area contributed by atoms with Crippen molar-refractivity contribution in [2.75, 3.05) is 12.4 Å². The van der Waals surface area contributed by atoms with Crippen LogP contribution < -0.4 is 10.1 Å². The minimum Gasteiger partial charge on any atom is -0.497 e. The van der Waals surface area contributed by atoms with Crippen molar-refractivity contribution in [3.63, 3.8) is 0 Å². The van der Waals surface area contributed by atoms with E-state index in [0.717, 1.165) is 11.4 Å². The summed E-state index contributed by atoms with van der Waals surface area (Å²) in [6.07, 6.45) is 3.22. The fourth-order valence-electron chi connectivity index (χ4n) is 2.71. The Morgan fingerprint density at radius 3 is 2.26 bits per heavy atom. The first kappa shape index (κ1) is 16.9. The number of carbonyl (C=O) groups excluding carboxylic acids is 3. The molecule has 0 heterocycles. The van der Waals surface area contributed by atoms with E-state index in [-0.39, 0.29) is 29.8 Å². The molecule has 1 N–H and O–H groups in total. The number of carbonyl (C=O) groups is 3. The molecule has 0 saturated heterocycles. The van der Waals surface area contributed by atoms with E-state index in [4.69, 9.17) is 4.74 Å². The van der Waals surface area contributed by atoms with Crippen molar-refractivity contribution in [1.82, 2.24) is 0 Å². The van der Waals surface area contributed by atoms with E-state index in [1.54, 1.807) is 31.4 Å². The van der Waals surface area contributed by atoms with E-state index in [0.29, 0.717) is 0 Å². The maximum absolute atomic E-state index is 12.1. The van der Waals surface area contributed by atoms with Crippen molar-refractivity contribution in [1.29, 1.82) is 0 Å². The summed E-state index contributed by atoms with van der Waals surface area (Å²) in [5.41, 5.74) is 0.424. The molecular weight excluding hydrogens is 294 g/mol. The zero-order valence-corrected chi connectivity index (χ0v) is 13.6. The average Bonchev–Trinajstić information content (AvgIpc) is 2.45. The Kier molecular flexibility index (Phi) is 4.98. The molecule has 2 rings (SSSR count). The topological polar surface area (TPSA) is 72.5 Å². The van der Waals surface area contributed by atoms with Gasteiger partial charge in [0.25, 0.3) is 0 Å². The second-order valence-corrected chi connectivity index (χ2v) is 6.49. The van der Waals surface area contributed by atoms with Crippen LogP contribution in [0.15, 0.2) is 36.5 Å². The van der Waals surface area contributed by atoms with E-state index in [1.165, 1.54) is 12.3 Å². The lowest BCUT2D eigenvalue weighted by molar-refractivity contribution is -0.143. The third kappa shape index (κ3) is 4.28. The number of ether oxygens (including phenoxy) is 1. The highest BCUT2D eigenvalue weighted by Crippen LogP contribution is 2.34. The standard InChI is InChI=1S/C18H21NO4/c1-18(2)10-15(21)17(16(22)11-18)14(20)8-9-19-12-4-6-13(23-3)7-5-12/h4-9,17,19H,10-11H2,1-3H3. The summed E-state index contributed by atoms with van der Waals surface area (Å²) in [5, 5.41) is 2.93. The van der Waals surface area contributed by atoms with Crippen LogP contribution in [-0.2, 0) is 14.4 Å². The highest BCUT2D eigenvalue weighted by atomic mass is 16.5. The van der Waals surface area contributed by atoms with E-state index in [1.807, 2.05) is 13.8 Å². The number of ketones is 3. The van der Waals surface area contributed by atoms with E-state index in [2.05, 4.69) is 5.32 Å². The van der Waals surface area contributed by atoms with Gasteiger partial charge in [-0.25, -0.2) is 0 Å². The first-order valence-electron chi connectivity index (χ1n) is 7.49. The van der Waals surface area contributed by atoms with Gasteiger partial charge >= 0.3 is 0 Å². The molecule has 0 spiro atoms. The van der Waals surface area contributed by atoms with Crippen LogP contribution in [0.3, 0.4) is 0 Å². The van der Waals surface area contributed by atoms with Crippen LogP contribution in [0.4, 0.5) is 5.69 Å². The lowest BCUT2D eigenvalue weighted by Gasteiger charge is -2.30. The molecule has 1 aliphatic rings. The van der Waals surface area contributed by atoms with Crippen LogP contribution in [0.5, 0.6) is 5.75 Å². The fraction of sp³-hybridized carbons (Fsp3) is 0.389. The molecule has 1 saturated carbocycles. The molecule has 23 heavy (non-hydrogen) atoms. The molecule has 0 unspecified atom stereocenters. The van der Waals surface area contributed by atoms with Crippen molar-refractivity contribution >= 4 is 23.0 Å². The number of hydrogen-bond acceptors (Lipinski definition) is 5. The first-order valence-corrected chi connectivity index (χ1v) is 7.49. The van der Waals surface area contributed by atoms with Gasteiger partial charge in [0.1, 0.15) is 11.7 Å². The van der Waals surface area contributed by atoms with Gasteiger partial charge in [-0.1, -0.05) is 13.8 Å². The van der Waals surface area contributed by atoms with Crippen LogP contribution in [0.1, 0.15) is 26.7 Å². The number of nitrogens with one attached hydrogen (secondary N) is 1. The van der Waals surface area contributed by atoms with Crippen molar-refractivity contribution in [2.45, 2.75) is 26.7 Å². The van der Waals surface area contributed by atoms with Gasteiger partial charge in [-0.05, 0) is 35.8 Å². The molecule has 0 atom stereocenters. The van der Waals surface area contributed by atoms with E-state index >= 15 is 0 Å². The van der Waals surface area contributed by atoms with Crippen LogP contribution in [0.2, 0.25) is 0 Å². The molecule has 5 nitrogen and oxygen atoms in total. The summed E-state index contributed by atoms with van der Waals surface area (Å²) < 4.78 is 5.06. The predicted molar refractivity (Wildman–Crippen MR) is 87.3 cm³/mol. The Bertz CT molecular complexity index is 623. The summed E-state index contributed by atoms with van der Waals surface area (Å²) in [4.78, 5) is 36.2. The SMILES string of the molecule is COc1ccc(NC=CC(=O)C2C(=O)CC(C)(C)CC2=O)cc1. The molecule has 1 aliphatic carbocycles. The zero-order chi connectivity index (χ0) is 17.0. The summed E-state index contributed by atoms with van der Waals surface area (Å²) in [6, 6.07) is 7.17. The van der Waals surface area contributed by atoms with Gasteiger partial charge in [0, 0.05) is 24.7 Å². The summed E-state index contributed by atoms with van der Waals surface area (Å²) in [6.45, 7) is 3.73. The van der Waals surface area contributed by atoms with Gasteiger partial charge in [0.2, 0.25) is 0 Å². The molecule has 0 amide bonds. The third-order valence-corrected chi connectivity index (χ3v) is 3.82. The Morgan fingerprint density at radius 1 is 1.17 bits per heavy atom. The number of allylic oxidation sites excluding steroid dienone is 1. The molecule has 5 heteroatoms. The van der Waals surface area contributed by atoms with Crippen LogP contribution in [0.25, 0.3) is 0 Å². The molecule has 0 bridgehead atoms. The monoisotopic (exact) mass is 315 g/mol. The summed E-state index contributed by atoms with van der Waals surface area (Å²) in [7, 11) is 1.58. The molecular formula is C18H21NO4. The molecule has 1 aromatic carbocycles. The van der Waals surface area contributed by atoms with Gasteiger partial charge in [-0.15, -0.1) is 0 Å². The van der Waals surface area contributed by atoms with Crippen molar-refractivity contribution in [3.05, 3.63) is 36.5 Å².